The number of fused-ring (bicyclic) bond motifs is 1. The molecule has 0 unspecified atom stereocenters. The molecule has 1 aliphatic rings. The van der Waals surface area contributed by atoms with Crippen molar-refractivity contribution in [1.82, 2.24) is 4.98 Å². The molecule has 0 spiro atoms. The van der Waals surface area contributed by atoms with Gasteiger partial charge < -0.3 is 4.74 Å². The number of alkyl halides is 3. The molecule has 2 aromatic rings. The molecular formula is C15H7ClF3NO2. The summed E-state index contributed by atoms with van der Waals surface area (Å²) in [5.74, 6) is -0.320. The lowest BCUT2D eigenvalue weighted by Gasteiger charge is -2.07. The van der Waals surface area contributed by atoms with Crippen LogP contribution in [0.5, 0.6) is 0 Å². The van der Waals surface area contributed by atoms with E-state index in [2.05, 4.69) is 4.98 Å². The van der Waals surface area contributed by atoms with E-state index in [-0.39, 0.29) is 16.5 Å². The van der Waals surface area contributed by atoms with Crippen LogP contribution in [0.2, 0.25) is 5.02 Å². The molecule has 0 fully saturated rings. The first kappa shape index (κ1) is 14.6. The monoisotopic (exact) mass is 325 g/mol. The summed E-state index contributed by atoms with van der Waals surface area (Å²) in [7, 11) is 0. The van der Waals surface area contributed by atoms with Crippen LogP contribution >= 0.6 is 11.6 Å². The minimum absolute atomic E-state index is 0.0918. The van der Waals surface area contributed by atoms with Crippen molar-refractivity contribution in [3.8, 4) is 0 Å². The van der Waals surface area contributed by atoms with E-state index in [0.717, 1.165) is 6.07 Å². The summed E-state index contributed by atoms with van der Waals surface area (Å²) in [4.78, 5) is 15.4. The lowest BCUT2D eigenvalue weighted by molar-refractivity contribution is -0.137. The molecule has 0 aliphatic carbocycles. The van der Waals surface area contributed by atoms with Gasteiger partial charge in [-0.25, -0.2) is 4.79 Å². The van der Waals surface area contributed by atoms with Crippen molar-refractivity contribution in [2.45, 2.75) is 6.18 Å². The van der Waals surface area contributed by atoms with Gasteiger partial charge in [0.1, 0.15) is 5.76 Å². The van der Waals surface area contributed by atoms with E-state index in [1.54, 1.807) is 24.3 Å². The molecule has 112 valence electrons. The average Bonchev–Trinajstić information content (AvgIpc) is 2.77. The van der Waals surface area contributed by atoms with Gasteiger partial charge in [-0.3, -0.25) is 4.98 Å². The van der Waals surface area contributed by atoms with Crippen molar-refractivity contribution in [2.75, 3.05) is 0 Å². The number of hydrogen-bond acceptors (Lipinski definition) is 3. The van der Waals surface area contributed by atoms with Crippen LogP contribution in [0.3, 0.4) is 0 Å². The molecule has 0 amide bonds. The number of halogens is 4. The minimum Gasteiger partial charge on any atom is -0.422 e. The van der Waals surface area contributed by atoms with Crippen molar-refractivity contribution in [1.29, 1.82) is 0 Å². The zero-order chi connectivity index (χ0) is 15.9. The highest BCUT2D eigenvalue weighted by atomic mass is 35.5. The molecule has 0 N–H and O–H groups in total. The molecule has 0 atom stereocenters. The molecule has 0 radical (unpaired) electrons. The fourth-order valence-corrected chi connectivity index (χ4v) is 2.25. The van der Waals surface area contributed by atoms with Gasteiger partial charge in [0.05, 0.1) is 21.8 Å². The van der Waals surface area contributed by atoms with Crippen molar-refractivity contribution >= 4 is 29.4 Å². The van der Waals surface area contributed by atoms with Crippen molar-refractivity contribution in [3.63, 3.8) is 0 Å². The highest BCUT2D eigenvalue weighted by Crippen LogP contribution is 2.34. The third-order valence-corrected chi connectivity index (χ3v) is 3.38. The van der Waals surface area contributed by atoms with Crippen LogP contribution in [0.25, 0.3) is 11.8 Å². The first-order valence-electron chi connectivity index (χ1n) is 6.12. The Kier molecular flexibility index (Phi) is 3.41. The van der Waals surface area contributed by atoms with E-state index >= 15 is 0 Å². The molecule has 0 bridgehead atoms. The number of cyclic esters (lactones) is 1. The molecular weight excluding hydrogens is 319 g/mol. The van der Waals surface area contributed by atoms with Crippen LogP contribution in [0.4, 0.5) is 13.2 Å². The topological polar surface area (TPSA) is 39.2 Å². The van der Waals surface area contributed by atoms with Crippen molar-refractivity contribution in [2.24, 2.45) is 0 Å². The number of pyridine rings is 1. The Labute approximate surface area is 128 Å². The minimum atomic E-state index is -4.52. The summed E-state index contributed by atoms with van der Waals surface area (Å²) in [6.45, 7) is 0. The summed E-state index contributed by atoms with van der Waals surface area (Å²) in [5.41, 5.74) is 0.0830. The highest BCUT2D eigenvalue weighted by molar-refractivity contribution is 6.32. The molecule has 3 rings (SSSR count). The van der Waals surface area contributed by atoms with Crippen molar-refractivity contribution in [3.05, 3.63) is 63.9 Å². The van der Waals surface area contributed by atoms with Crippen LogP contribution < -0.4 is 0 Å². The molecule has 0 saturated carbocycles. The van der Waals surface area contributed by atoms with Crippen molar-refractivity contribution < 1.29 is 22.7 Å². The Balaban J connectivity index is 2.02. The number of carbonyl (C=O) groups excluding carboxylic acids is 1. The Bertz CT molecular complexity index is 800. The van der Waals surface area contributed by atoms with Crippen LogP contribution in [0.15, 0.2) is 36.5 Å². The molecule has 1 aliphatic heterocycles. The standard InChI is InChI=1S/C15H7ClF3NO2/c16-11-5-8(15(17,18)19)7-20-12(11)6-13-9-3-1-2-4-10(9)14(21)22-13/h1-7H. The number of esters is 1. The summed E-state index contributed by atoms with van der Waals surface area (Å²) in [5, 5.41) is -0.178. The number of rotatable bonds is 1. The Morgan fingerprint density at radius 3 is 2.50 bits per heavy atom. The third-order valence-electron chi connectivity index (χ3n) is 3.08. The van der Waals surface area contributed by atoms with Gasteiger partial charge in [0, 0.05) is 17.8 Å². The van der Waals surface area contributed by atoms with Gasteiger partial charge in [-0.1, -0.05) is 29.8 Å². The van der Waals surface area contributed by atoms with Gasteiger partial charge in [0.2, 0.25) is 0 Å². The maximum atomic E-state index is 12.6. The zero-order valence-electron chi connectivity index (χ0n) is 10.8. The van der Waals surface area contributed by atoms with Gasteiger partial charge >= 0.3 is 12.1 Å². The number of carbonyl (C=O) groups is 1. The molecule has 1 aromatic heterocycles. The first-order valence-corrected chi connectivity index (χ1v) is 6.50. The number of aromatic nitrogens is 1. The quantitative estimate of drug-likeness (QED) is 0.728. The smallest absolute Gasteiger partial charge is 0.417 e. The van der Waals surface area contributed by atoms with E-state index in [9.17, 15) is 18.0 Å². The predicted molar refractivity (Wildman–Crippen MR) is 74.0 cm³/mol. The first-order chi connectivity index (χ1) is 10.4. The third kappa shape index (κ3) is 2.57. The number of benzene rings is 1. The lowest BCUT2D eigenvalue weighted by atomic mass is 10.1. The molecule has 3 nitrogen and oxygen atoms in total. The second kappa shape index (κ2) is 5.14. The summed E-state index contributed by atoms with van der Waals surface area (Å²) < 4.78 is 42.8. The molecule has 7 heteroatoms. The molecule has 22 heavy (non-hydrogen) atoms. The second-order valence-electron chi connectivity index (χ2n) is 4.53. The Hall–Kier alpha value is -2.34. The van der Waals surface area contributed by atoms with Crippen LogP contribution in [0, 0.1) is 0 Å². The van der Waals surface area contributed by atoms with Gasteiger partial charge in [0.25, 0.3) is 0 Å². The molecule has 2 heterocycles. The van der Waals surface area contributed by atoms with E-state index < -0.39 is 17.7 Å². The fraction of sp³-hybridized carbons (Fsp3) is 0.0667. The Morgan fingerprint density at radius 1 is 1.18 bits per heavy atom. The number of hydrogen-bond donors (Lipinski definition) is 0. The van der Waals surface area contributed by atoms with E-state index in [0.29, 0.717) is 17.3 Å². The number of ether oxygens (including phenoxy) is 1. The van der Waals surface area contributed by atoms with Crippen LogP contribution in [-0.4, -0.2) is 11.0 Å². The maximum Gasteiger partial charge on any atom is 0.417 e. The zero-order valence-corrected chi connectivity index (χ0v) is 11.6. The predicted octanol–water partition coefficient (Wildman–Crippen LogP) is 4.42. The average molecular weight is 326 g/mol. The highest BCUT2D eigenvalue weighted by Gasteiger charge is 2.32. The maximum absolute atomic E-state index is 12.6. The lowest BCUT2D eigenvalue weighted by Crippen LogP contribution is -2.05. The fourth-order valence-electron chi connectivity index (χ4n) is 2.03. The summed E-state index contributed by atoms with van der Waals surface area (Å²) in [6, 6.07) is 7.46. The number of nitrogens with zero attached hydrogens (tertiary/aromatic N) is 1. The normalized spacial score (nSPS) is 15.8. The van der Waals surface area contributed by atoms with Gasteiger partial charge in [-0.15, -0.1) is 0 Å². The van der Waals surface area contributed by atoms with Crippen LogP contribution in [0.1, 0.15) is 27.2 Å². The van der Waals surface area contributed by atoms with E-state index in [1.165, 1.54) is 6.08 Å². The second-order valence-corrected chi connectivity index (χ2v) is 4.94. The van der Waals surface area contributed by atoms with E-state index in [1.807, 2.05) is 0 Å². The van der Waals surface area contributed by atoms with Gasteiger partial charge in [0.15, 0.2) is 0 Å². The van der Waals surface area contributed by atoms with Gasteiger partial charge in [-0.2, -0.15) is 13.2 Å². The largest absolute Gasteiger partial charge is 0.422 e. The molecule has 0 saturated heterocycles. The SMILES string of the molecule is O=C1OC(=Cc2ncc(C(F)(F)F)cc2Cl)c2ccccc21. The molecule has 1 aromatic carbocycles. The Morgan fingerprint density at radius 2 is 1.86 bits per heavy atom. The van der Waals surface area contributed by atoms with Crippen LogP contribution in [-0.2, 0) is 10.9 Å². The summed E-state index contributed by atoms with van der Waals surface area (Å²) in [6.07, 6.45) is -2.50. The summed E-state index contributed by atoms with van der Waals surface area (Å²) >= 11 is 5.83. The van der Waals surface area contributed by atoms with E-state index in [4.69, 9.17) is 16.3 Å². The van der Waals surface area contributed by atoms with Gasteiger partial charge in [-0.05, 0) is 12.1 Å².